The third-order valence-corrected chi connectivity index (χ3v) is 3.51. The van der Waals surface area contributed by atoms with Crippen molar-refractivity contribution in [2.75, 3.05) is 20.2 Å². The van der Waals surface area contributed by atoms with Gasteiger partial charge in [-0.25, -0.2) is 4.79 Å². The Bertz CT molecular complexity index is 464. The molecule has 5 heteroatoms. The quantitative estimate of drug-likeness (QED) is 0.845. The number of likely N-dealkylation sites (tertiary alicyclic amines) is 1. The normalized spacial score (nSPS) is 24.4. The molecular weight excluding hydrogens is 246 g/mol. The summed E-state index contributed by atoms with van der Waals surface area (Å²) in [6.45, 7) is 5.77. The fraction of sp³-hybridized carbons (Fsp3) is 0.643. The van der Waals surface area contributed by atoms with Crippen LogP contribution in [-0.2, 0) is 11.3 Å². The number of carbonyl (C=O) groups excluding carboxylic acids is 1. The standard InChI is InChI=1S/C14H21NO4/c1-10-12(13(16)18-3)7-11(19-10)8-15-6-4-5-14(2,17)9-15/h7,17H,4-6,8-9H2,1-3H3. The number of aryl methyl sites for hydroxylation is 1. The minimum Gasteiger partial charge on any atom is -0.465 e. The van der Waals surface area contributed by atoms with E-state index in [1.54, 1.807) is 13.0 Å². The topological polar surface area (TPSA) is 62.9 Å². The lowest BCUT2D eigenvalue weighted by atomic mass is 9.95. The van der Waals surface area contributed by atoms with E-state index in [-0.39, 0.29) is 5.97 Å². The molecular formula is C14H21NO4. The zero-order valence-electron chi connectivity index (χ0n) is 11.7. The maximum Gasteiger partial charge on any atom is 0.341 e. The first-order valence-electron chi connectivity index (χ1n) is 6.54. The number of piperidine rings is 1. The fourth-order valence-corrected chi connectivity index (χ4v) is 2.61. The second-order valence-electron chi connectivity index (χ2n) is 5.49. The third kappa shape index (κ3) is 3.36. The molecule has 1 unspecified atom stereocenters. The van der Waals surface area contributed by atoms with Crippen LogP contribution in [0, 0.1) is 6.92 Å². The molecule has 0 amide bonds. The van der Waals surface area contributed by atoms with Crippen molar-refractivity contribution in [1.29, 1.82) is 0 Å². The van der Waals surface area contributed by atoms with Gasteiger partial charge >= 0.3 is 5.97 Å². The molecule has 1 aromatic heterocycles. The highest BCUT2D eigenvalue weighted by molar-refractivity contribution is 5.90. The van der Waals surface area contributed by atoms with Gasteiger partial charge in [0.1, 0.15) is 17.1 Å². The van der Waals surface area contributed by atoms with Crippen LogP contribution in [0.25, 0.3) is 0 Å². The monoisotopic (exact) mass is 267 g/mol. The lowest BCUT2D eigenvalue weighted by Crippen LogP contribution is -2.45. The number of hydrogen-bond acceptors (Lipinski definition) is 5. The van der Waals surface area contributed by atoms with E-state index in [1.807, 2.05) is 6.92 Å². The van der Waals surface area contributed by atoms with Crippen molar-refractivity contribution >= 4 is 5.97 Å². The van der Waals surface area contributed by atoms with Gasteiger partial charge in [0, 0.05) is 6.54 Å². The number of rotatable bonds is 3. The Kier molecular flexibility index (Phi) is 3.96. The number of carbonyl (C=O) groups is 1. The molecule has 5 nitrogen and oxygen atoms in total. The molecule has 1 aliphatic rings. The van der Waals surface area contributed by atoms with E-state index < -0.39 is 5.60 Å². The average Bonchev–Trinajstić information content (AvgIpc) is 2.68. The molecule has 1 aromatic rings. The van der Waals surface area contributed by atoms with Crippen molar-refractivity contribution in [3.8, 4) is 0 Å². The zero-order chi connectivity index (χ0) is 14.0. The Balaban J connectivity index is 2.05. The Morgan fingerprint density at radius 2 is 2.37 bits per heavy atom. The largest absolute Gasteiger partial charge is 0.465 e. The van der Waals surface area contributed by atoms with Crippen molar-refractivity contribution in [3.05, 3.63) is 23.2 Å². The molecule has 1 fully saturated rings. The Morgan fingerprint density at radius 1 is 1.63 bits per heavy atom. The predicted octanol–water partition coefficient (Wildman–Crippen LogP) is 1.72. The molecule has 2 heterocycles. The van der Waals surface area contributed by atoms with Gasteiger partial charge in [0.2, 0.25) is 0 Å². The van der Waals surface area contributed by atoms with E-state index in [2.05, 4.69) is 4.90 Å². The number of β-amino-alcohol motifs (C(OH)–C–C–N with tert-alkyl or cyclic N) is 1. The smallest absolute Gasteiger partial charge is 0.341 e. The van der Waals surface area contributed by atoms with Crippen LogP contribution in [-0.4, -0.2) is 41.8 Å². The molecule has 106 valence electrons. The number of furan rings is 1. The second kappa shape index (κ2) is 5.35. The molecule has 0 radical (unpaired) electrons. The van der Waals surface area contributed by atoms with Crippen LogP contribution in [0.5, 0.6) is 0 Å². The summed E-state index contributed by atoms with van der Waals surface area (Å²) in [5.41, 5.74) is -0.160. The Hall–Kier alpha value is -1.33. The maximum atomic E-state index is 11.5. The summed E-state index contributed by atoms with van der Waals surface area (Å²) in [5.74, 6) is 0.930. The van der Waals surface area contributed by atoms with Gasteiger partial charge in [-0.1, -0.05) is 0 Å². The van der Waals surface area contributed by atoms with Crippen molar-refractivity contribution in [1.82, 2.24) is 4.90 Å². The molecule has 2 rings (SSSR count). The van der Waals surface area contributed by atoms with E-state index >= 15 is 0 Å². The minimum atomic E-state index is -0.634. The van der Waals surface area contributed by atoms with Crippen LogP contribution in [0.15, 0.2) is 10.5 Å². The number of esters is 1. The van der Waals surface area contributed by atoms with E-state index in [4.69, 9.17) is 9.15 Å². The summed E-state index contributed by atoms with van der Waals surface area (Å²) in [4.78, 5) is 13.6. The summed E-state index contributed by atoms with van der Waals surface area (Å²) in [6, 6.07) is 1.73. The molecule has 0 spiro atoms. The van der Waals surface area contributed by atoms with Crippen LogP contribution in [0.2, 0.25) is 0 Å². The minimum absolute atomic E-state index is 0.377. The number of methoxy groups -OCH3 is 1. The molecule has 0 saturated carbocycles. The van der Waals surface area contributed by atoms with Gasteiger partial charge in [0.05, 0.1) is 19.3 Å². The lowest BCUT2D eigenvalue weighted by molar-refractivity contribution is -0.0199. The zero-order valence-corrected chi connectivity index (χ0v) is 11.7. The summed E-state index contributed by atoms with van der Waals surface area (Å²) in [7, 11) is 1.36. The highest BCUT2D eigenvalue weighted by atomic mass is 16.5. The molecule has 1 saturated heterocycles. The van der Waals surface area contributed by atoms with Crippen molar-refractivity contribution in [2.45, 2.75) is 38.8 Å². The molecule has 1 atom stereocenters. The summed E-state index contributed by atoms with van der Waals surface area (Å²) < 4.78 is 10.3. The number of aliphatic hydroxyl groups is 1. The van der Waals surface area contributed by atoms with Gasteiger partial charge in [-0.15, -0.1) is 0 Å². The molecule has 1 aliphatic heterocycles. The highest BCUT2D eigenvalue weighted by Crippen LogP contribution is 2.23. The average molecular weight is 267 g/mol. The van der Waals surface area contributed by atoms with Crippen LogP contribution >= 0.6 is 0 Å². The van der Waals surface area contributed by atoms with Gasteiger partial charge < -0.3 is 14.3 Å². The summed E-state index contributed by atoms with van der Waals surface area (Å²) in [5, 5.41) is 10.1. The second-order valence-corrected chi connectivity index (χ2v) is 5.49. The van der Waals surface area contributed by atoms with Gasteiger partial charge in [-0.2, -0.15) is 0 Å². The highest BCUT2D eigenvalue weighted by Gasteiger charge is 2.29. The van der Waals surface area contributed by atoms with Crippen LogP contribution < -0.4 is 0 Å². The molecule has 0 aromatic carbocycles. The third-order valence-electron chi connectivity index (χ3n) is 3.51. The molecule has 19 heavy (non-hydrogen) atoms. The van der Waals surface area contributed by atoms with Gasteiger partial charge in [-0.3, -0.25) is 4.90 Å². The molecule has 1 N–H and O–H groups in total. The van der Waals surface area contributed by atoms with E-state index in [1.165, 1.54) is 7.11 Å². The van der Waals surface area contributed by atoms with Gasteiger partial charge in [0.15, 0.2) is 0 Å². The lowest BCUT2D eigenvalue weighted by Gasteiger charge is -2.36. The summed E-state index contributed by atoms with van der Waals surface area (Å²) in [6.07, 6.45) is 1.80. The fourth-order valence-electron chi connectivity index (χ4n) is 2.61. The first-order valence-corrected chi connectivity index (χ1v) is 6.54. The molecule has 0 aliphatic carbocycles. The Morgan fingerprint density at radius 3 is 3.00 bits per heavy atom. The first kappa shape index (κ1) is 14.1. The van der Waals surface area contributed by atoms with Gasteiger partial charge in [-0.05, 0) is 39.3 Å². The van der Waals surface area contributed by atoms with Crippen molar-refractivity contribution < 1.29 is 19.1 Å². The number of hydrogen-bond donors (Lipinski definition) is 1. The Labute approximate surface area is 113 Å². The van der Waals surface area contributed by atoms with E-state index in [0.717, 1.165) is 25.1 Å². The van der Waals surface area contributed by atoms with Crippen molar-refractivity contribution in [3.63, 3.8) is 0 Å². The first-order chi connectivity index (χ1) is 8.91. The predicted molar refractivity (Wildman–Crippen MR) is 69.9 cm³/mol. The van der Waals surface area contributed by atoms with Crippen LogP contribution in [0.1, 0.15) is 41.6 Å². The van der Waals surface area contributed by atoms with E-state index in [9.17, 15) is 9.90 Å². The number of ether oxygens (including phenoxy) is 1. The van der Waals surface area contributed by atoms with Crippen LogP contribution in [0.3, 0.4) is 0 Å². The molecule has 0 bridgehead atoms. The van der Waals surface area contributed by atoms with E-state index in [0.29, 0.717) is 24.4 Å². The summed E-state index contributed by atoms with van der Waals surface area (Å²) >= 11 is 0. The van der Waals surface area contributed by atoms with Crippen LogP contribution in [0.4, 0.5) is 0 Å². The van der Waals surface area contributed by atoms with Gasteiger partial charge in [0.25, 0.3) is 0 Å². The number of nitrogens with zero attached hydrogens (tertiary/aromatic N) is 1. The van der Waals surface area contributed by atoms with Crippen molar-refractivity contribution in [2.24, 2.45) is 0 Å². The SMILES string of the molecule is COC(=O)c1cc(CN2CCCC(C)(O)C2)oc1C. The maximum absolute atomic E-state index is 11.5.